The van der Waals surface area contributed by atoms with Crippen LogP contribution in [0.1, 0.15) is 23.1 Å². The van der Waals surface area contributed by atoms with Gasteiger partial charge in [-0.3, -0.25) is 4.79 Å². The van der Waals surface area contributed by atoms with Crippen molar-refractivity contribution in [1.82, 2.24) is 10.3 Å². The summed E-state index contributed by atoms with van der Waals surface area (Å²) in [7, 11) is 0. The second-order valence-electron chi connectivity index (χ2n) is 6.17. The topological polar surface area (TPSA) is 84.6 Å². The summed E-state index contributed by atoms with van der Waals surface area (Å²) in [5.41, 5.74) is 0.920. The van der Waals surface area contributed by atoms with E-state index in [1.807, 2.05) is 13.0 Å². The predicted octanol–water partition coefficient (Wildman–Crippen LogP) is 4.00. The molecule has 0 bridgehead atoms. The number of halogens is 3. The van der Waals surface area contributed by atoms with Crippen molar-refractivity contribution in [1.29, 1.82) is 0 Å². The fourth-order valence-corrected chi connectivity index (χ4v) is 3.28. The van der Waals surface area contributed by atoms with Crippen molar-refractivity contribution in [3.63, 3.8) is 0 Å². The number of ether oxygens (including phenoxy) is 1. The molecule has 0 unspecified atom stereocenters. The van der Waals surface area contributed by atoms with E-state index in [-0.39, 0.29) is 24.6 Å². The summed E-state index contributed by atoms with van der Waals surface area (Å²) in [6.45, 7) is 1.74. The number of carbonyl (C=O) groups is 1. The zero-order chi connectivity index (χ0) is 21.0. The highest BCUT2D eigenvalue weighted by Crippen LogP contribution is 2.26. The summed E-state index contributed by atoms with van der Waals surface area (Å²) in [4.78, 5) is 16.4. The molecular formula is C19H17F3N2O4S. The number of thiazole rings is 1. The Morgan fingerprint density at radius 1 is 1.28 bits per heavy atom. The molecule has 3 aromatic rings. The molecule has 3 rings (SSSR count). The number of aryl methyl sites for hydroxylation is 1. The van der Waals surface area contributed by atoms with Crippen LogP contribution in [0.4, 0.5) is 13.2 Å². The first-order valence-corrected chi connectivity index (χ1v) is 9.39. The summed E-state index contributed by atoms with van der Waals surface area (Å²) in [6.07, 6.45) is -5.82. The third-order valence-electron chi connectivity index (χ3n) is 3.84. The van der Waals surface area contributed by atoms with Gasteiger partial charge in [0.15, 0.2) is 10.8 Å². The Morgan fingerprint density at radius 2 is 2.00 bits per heavy atom. The van der Waals surface area contributed by atoms with E-state index in [1.165, 1.54) is 23.5 Å². The number of hydrogen-bond donors (Lipinski definition) is 2. The van der Waals surface area contributed by atoms with Gasteiger partial charge in [0, 0.05) is 11.9 Å². The van der Waals surface area contributed by atoms with Gasteiger partial charge in [-0.25, -0.2) is 4.98 Å². The van der Waals surface area contributed by atoms with Crippen LogP contribution in [0, 0.1) is 6.92 Å². The van der Waals surface area contributed by atoms with Crippen molar-refractivity contribution in [2.45, 2.75) is 25.8 Å². The summed E-state index contributed by atoms with van der Waals surface area (Å²) < 4.78 is 45.7. The molecule has 2 aromatic heterocycles. The summed E-state index contributed by atoms with van der Waals surface area (Å²) in [6, 6.07) is 8.43. The second-order valence-corrected chi connectivity index (χ2v) is 7.03. The molecule has 1 atom stereocenters. The Labute approximate surface area is 168 Å². The molecule has 1 aromatic carbocycles. The monoisotopic (exact) mass is 426 g/mol. The molecule has 6 nitrogen and oxygen atoms in total. The van der Waals surface area contributed by atoms with E-state index in [4.69, 9.17) is 4.42 Å². The third-order valence-corrected chi connectivity index (χ3v) is 4.74. The first-order chi connectivity index (χ1) is 13.7. The lowest BCUT2D eigenvalue weighted by molar-refractivity contribution is -0.274. The molecule has 0 radical (unpaired) electrons. The van der Waals surface area contributed by atoms with Crippen LogP contribution >= 0.6 is 11.3 Å². The van der Waals surface area contributed by atoms with Crippen molar-refractivity contribution >= 4 is 17.2 Å². The van der Waals surface area contributed by atoms with Gasteiger partial charge in [0.05, 0.1) is 18.2 Å². The number of amides is 1. The van der Waals surface area contributed by atoms with Crippen LogP contribution in [-0.4, -0.2) is 28.9 Å². The standard InChI is InChI=1S/C19H17F3N2O4S/c1-11-2-7-16(27-11)18-24-13(10-29-18)8-17(26)23-9-15(25)12-3-5-14(6-4-12)28-19(20,21)22/h2-7,10,15,25H,8-9H2,1H3,(H,23,26)/t15-/m0/s1. The average molecular weight is 426 g/mol. The summed E-state index contributed by atoms with van der Waals surface area (Å²) in [5.74, 6) is 0.672. The van der Waals surface area contributed by atoms with E-state index in [0.29, 0.717) is 22.0 Å². The molecule has 1 amide bonds. The molecule has 0 saturated heterocycles. The summed E-state index contributed by atoms with van der Waals surface area (Å²) >= 11 is 1.36. The third kappa shape index (κ3) is 6.06. The zero-order valence-electron chi connectivity index (χ0n) is 15.2. The minimum absolute atomic E-state index is 0.0290. The van der Waals surface area contributed by atoms with Gasteiger partial charge in [0.2, 0.25) is 5.91 Å². The quantitative estimate of drug-likeness (QED) is 0.597. The smallest absolute Gasteiger partial charge is 0.459 e. The van der Waals surface area contributed by atoms with Gasteiger partial charge in [-0.1, -0.05) is 12.1 Å². The SMILES string of the molecule is Cc1ccc(-c2nc(CC(=O)NC[C@H](O)c3ccc(OC(F)(F)F)cc3)cs2)o1. The van der Waals surface area contributed by atoms with E-state index >= 15 is 0 Å². The van der Waals surface area contributed by atoms with Crippen molar-refractivity contribution in [2.75, 3.05) is 6.54 Å². The van der Waals surface area contributed by atoms with Crippen molar-refractivity contribution < 1.29 is 32.2 Å². The van der Waals surface area contributed by atoms with Crippen LogP contribution in [0.3, 0.4) is 0 Å². The Kier molecular flexibility index (Phi) is 6.23. The Hall–Kier alpha value is -2.85. The molecule has 10 heteroatoms. The van der Waals surface area contributed by atoms with E-state index in [2.05, 4.69) is 15.0 Å². The summed E-state index contributed by atoms with van der Waals surface area (Å²) in [5, 5.41) is 15.1. The molecule has 29 heavy (non-hydrogen) atoms. The van der Waals surface area contributed by atoms with Crippen LogP contribution in [0.15, 0.2) is 46.2 Å². The average Bonchev–Trinajstić information content (AvgIpc) is 3.28. The van der Waals surface area contributed by atoms with Crippen LogP contribution in [0.2, 0.25) is 0 Å². The molecule has 0 fully saturated rings. The van der Waals surface area contributed by atoms with Crippen molar-refractivity contribution in [3.8, 4) is 16.5 Å². The normalized spacial score (nSPS) is 12.6. The number of hydrogen-bond acceptors (Lipinski definition) is 6. The lowest BCUT2D eigenvalue weighted by Crippen LogP contribution is -2.29. The number of aromatic nitrogens is 1. The molecule has 154 valence electrons. The first-order valence-electron chi connectivity index (χ1n) is 8.51. The zero-order valence-corrected chi connectivity index (χ0v) is 16.0. The number of benzene rings is 1. The van der Waals surface area contributed by atoms with Gasteiger partial charge in [-0.05, 0) is 36.8 Å². The molecule has 0 spiro atoms. The lowest BCUT2D eigenvalue weighted by atomic mass is 10.1. The fourth-order valence-electron chi connectivity index (χ4n) is 2.50. The minimum atomic E-state index is -4.78. The van der Waals surface area contributed by atoms with Gasteiger partial charge < -0.3 is 19.6 Å². The Bertz CT molecular complexity index is 966. The van der Waals surface area contributed by atoms with E-state index in [0.717, 1.165) is 17.9 Å². The Balaban J connectivity index is 1.49. The van der Waals surface area contributed by atoms with Gasteiger partial charge in [0.1, 0.15) is 11.5 Å². The maximum absolute atomic E-state index is 12.2. The largest absolute Gasteiger partial charge is 0.573 e. The molecule has 2 heterocycles. The van der Waals surface area contributed by atoms with Crippen LogP contribution in [0.5, 0.6) is 5.75 Å². The van der Waals surface area contributed by atoms with E-state index < -0.39 is 12.5 Å². The molecule has 0 aliphatic heterocycles. The number of furan rings is 1. The maximum Gasteiger partial charge on any atom is 0.573 e. The number of alkyl halides is 3. The van der Waals surface area contributed by atoms with Crippen molar-refractivity contribution in [2.24, 2.45) is 0 Å². The van der Waals surface area contributed by atoms with Crippen LogP contribution in [0.25, 0.3) is 10.8 Å². The molecule has 0 aliphatic carbocycles. The highest BCUT2D eigenvalue weighted by molar-refractivity contribution is 7.13. The Morgan fingerprint density at radius 3 is 2.62 bits per heavy atom. The lowest BCUT2D eigenvalue weighted by Gasteiger charge is -2.13. The van der Waals surface area contributed by atoms with Crippen LogP contribution < -0.4 is 10.1 Å². The first kappa shape index (κ1) is 20.9. The minimum Gasteiger partial charge on any atom is -0.459 e. The number of carbonyl (C=O) groups excluding carboxylic acids is 1. The number of nitrogens with one attached hydrogen (secondary N) is 1. The van der Waals surface area contributed by atoms with Gasteiger partial charge in [0.25, 0.3) is 0 Å². The number of aliphatic hydroxyl groups excluding tert-OH is 1. The molecule has 2 N–H and O–H groups in total. The second kappa shape index (κ2) is 8.66. The maximum atomic E-state index is 12.2. The van der Waals surface area contributed by atoms with E-state index in [9.17, 15) is 23.1 Å². The fraction of sp³-hybridized carbons (Fsp3) is 0.263. The number of nitrogens with zero attached hydrogens (tertiary/aromatic N) is 1. The van der Waals surface area contributed by atoms with Crippen LogP contribution in [-0.2, 0) is 11.2 Å². The highest BCUT2D eigenvalue weighted by atomic mass is 32.1. The molecule has 0 saturated carbocycles. The highest BCUT2D eigenvalue weighted by Gasteiger charge is 2.31. The molecule has 0 aliphatic rings. The molecular weight excluding hydrogens is 409 g/mol. The number of aliphatic hydroxyl groups is 1. The predicted molar refractivity (Wildman–Crippen MR) is 99.4 cm³/mol. The van der Waals surface area contributed by atoms with Gasteiger partial charge in [-0.2, -0.15) is 0 Å². The van der Waals surface area contributed by atoms with Gasteiger partial charge in [-0.15, -0.1) is 24.5 Å². The van der Waals surface area contributed by atoms with E-state index in [1.54, 1.807) is 11.4 Å². The van der Waals surface area contributed by atoms with Gasteiger partial charge >= 0.3 is 6.36 Å². The van der Waals surface area contributed by atoms with Crippen molar-refractivity contribution in [3.05, 3.63) is 58.8 Å². The number of rotatable bonds is 7.